The number of alkyl halides is 1. The molecular formula is C15H12Br2FNO. The first-order valence-electron chi connectivity index (χ1n) is 6.01. The summed E-state index contributed by atoms with van der Waals surface area (Å²) in [6.45, 7) is 0.379. The van der Waals surface area contributed by atoms with E-state index in [0.29, 0.717) is 11.0 Å². The fourth-order valence-electron chi connectivity index (χ4n) is 1.77. The normalized spacial score (nSPS) is 11.9. The lowest BCUT2D eigenvalue weighted by atomic mass is 10.1. The SMILES string of the molecule is O=C(NCC(Br)c1ccccc1)c1c(F)cccc1Br. The zero-order valence-electron chi connectivity index (χ0n) is 10.4. The van der Waals surface area contributed by atoms with E-state index in [2.05, 4.69) is 37.2 Å². The highest BCUT2D eigenvalue weighted by Gasteiger charge is 2.16. The van der Waals surface area contributed by atoms with Crippen LogP contribution in [0.15, 0.2) is 53.0 Å². The first-order valence-corrected chi connectivity index (χ1v) is 7.71. The molecule has 0 bridgehead atoms. The number of carbonyl (C=O) groups is 1. The molecule has 0 aromatic heterocycles. The number of hydrogen-bond acceptors (Lipinski definition) is 1. The third-order valence-corrected chi connectivity index (χ3v) is 4.31. The van der Waals surface area contributed by atoms with E-state index in [-0.39, 0.29) is 10.4 Å². The van der Waals surface area contributed by atoms with Gasteiger partial charge in [0.25, 0.3) is 5.91 Å². The summed E-state index contributed by atoms with van der Waals surface area (Å²) in [5.41, 5.74) is 1.08. The highest BCUT2D eigenvalue weighted by Crippen LogP contribution is 2.22. The van der Waals surface area contributed by atoms with Crippen LogP contribution in [0.2, 0.25) is 0 Å². The summed E-state index contributed by atoms with van der Waals surface area (Å²) < 4.78 is 14.1. The van der Waals surface area contributed by atoms with Crippen molar-refractivity contribution >= 4 is 37.8 Å². The summed E-state index contributed by atoms with van der Waals surface area (Å²) >= 11 is 6.69. The van der Waals surface area contributed by atoms with Crippen molar-refractivity contribution < 1.29 is 9.18 Å². The predicted octanol–water partition coefficient (Wildman–Crippen LogP) is 4.45. The molecule has 2 rings (SSSR count). The summed E-state index contributed by atoms with van der Waals surface area (Å²) in [7, 11) is 0. The molecule has 2 nitrogen and oxygen atoms in total. The maximum Gasteiger partial charge on any atom is 0.255 e. The summed E-state index contributed by atoms with van der Waals surface area (Å²) in [5, 5.41) is 2.72. The van der Waals surface area contributed by atoms with Crippen LogP contribution in [0.1, 0.15) is 20.7 Å². The van der Waals surface area contributed by atoms with Gasteiger partial charge in [-0.3, -0.25) is 4.79 Å². The second-order valence-corrected chi connectivity index (χ2v) is 6.14. The number of halogens is 3. The van der Waals surface area contributed by atoms with Crippen LogP contribution >= 0.6 is 31.9 Å². The van der Waals surface area contributed by atoms with Crippen LogP contribution in [0, 0.1) is 5.82 Å². The average molecular weight is 401 g/mol. The topological polar surface area (TPSA) is 29.1 Å². The Morgan fingerprint density at radius 1 is 1.15 bits per heavy atom. The van der Waals surface area contributed by atoms with Crippen LogP contribution in [-0.4, -0.2) is 12.5 Å². The van der Waals surface area contributed by atoms with Crippen molar-refractivity contribution in [1.29, 1.82) is 0 Å². The lowest BCUT2D eigenvalue weighted by Gasteiger charge is -2.12. The van der Waals surface area contributed by atoms with Crippen molar-refractivity contribution in [3.05, 3.63) is 69.9 Å². The molecule has 104 valence electrons. The maximum absolute atomic E-state index is 13.6. The first kappa shape index (κ1) is 15.2. The van der Waals surface area contributed by atoms with E-state index in [0.717, 1.165) is 5.56 Å². The molecule has 20 heavy (non-hydrogen) atoms. The fraction of sp³-hybridized carbons (Fsp3) is 0.133. The molecule has 0 saturated heterocycles. The van der Waals surface area contributed by atoms with Crippen LogP contribution in [0.3, 0.4) is 0 Å². The van der Waals surface area contributed by atoms with Crippen LogP contribution in [0.25, 0.3) is 0 Å². The summed E-state index contributed by atoms with van der Waals surface area (Å²) in [5.74, 6) is -0.974. The Morgan fingerprint density at radius 3 is 2.50 bits per heavy atom. The van der Waals surface area contributed by atoms with Crippen molar-refractivity contribution in [3.8, 4) is 0 Å². The van der Waals surface area contributed by atoms with E-state index in [1.54, 1.807) is 12.1 Å². The molecule has 1 N–H and O–H groups in total. The van der Waals surface area contributed by atoms with Gasteiger partial charge in [-0.1, -0.05) is 52.3 Å². The largest absolute Gasteiger partial charge is 0.350 e. The number of benzene rings is 2. The maximum atomic E-state index is 13.6. The van der Waals surface area contributed by atoms with Gasteiger partial charge in [-0.2, -0.15) is 0 Å². The smallest absolute Gasteiger partial charge is 0.255 e. The lowest BCUT2D eigenvalue weighted by Crippen LogP contribution is -2.27. The highest BCUT2D eigenvalue weighted by atomic mass is 79.9. The van der Waals surface area contributed by atoms with Gasteiger partial charge in [0, 0.05) is 11.0 Å². The third-order valence-electron chi connectivity index (χ3n) is 2.79. The molecule has 0 aliphatic carbocycles. The zero-order chi connectivity index (χ0) is 14.5. The zero-order valence-corrected chi connectivity index (χ0v) is 13.6. The molecule has 1 atom stereocenters. The Morgan fingerprint density at radius 2 is 1.85 bits per heavy atom. The minimum atomic E-state index is -0.539. The minimum Gasteiger partial charge on any atom is -0.350 e. The van der Waals surface area contributed by atoms with Gasteiger partial charge in [0.05, 0.1) is 10.4 Å². The average Bonchev–Trinajstić information content (AvgIpc) is 2.45. The Kier molecular flexibility index (Phi) is 5.31. The van der Waals surface area contributed by atoms with Crippen molar-refractivity contribution in [1.82, 2.24) is 5.32 Å². The van der Waals surface area contributed by atoms with Crippen LogP contribution in [0.5, 0.6) is 0 Å². The molecule has 0 radical (unpaired) electrons. The van der Waals surface area contributed by atoms with Gasteiger partial charge < -0.3 is 5.32 Å². The molecule has 1 amide bonds. The molecule has 0 spiro atoms. The molecule has 5 heteroatoms. The Hall–Kier alpha value is -1.20. The lowest BCUT2D eigenvalue weighted by molar-refractivity contribution is 0.0949. The molecule has 2 aromatic carbocycles. The monoisotopic (exact) mass is 399 g/mol. The molecule has 0 aliphatic rings. The van der Waals surface area contributed by atoms with E-state index in [1.165, 1.54) is 6.07 Å². The number of carbonyl (C=O) groups excluding carboxylic acids is 1. The number of rotatable bonds is 4. The molecule has 1 unspecified atom stereocenters. The Labute approximate surface area is 133 Å². The standard InChI is InChI=1S/C15H12Br2FNO/c16-11-7-4-8-13(18)14(11)15(20)19-9-12(17)10-5-2-1-3-6-10/h1-8,12H,9H2,(H,19,20). The molecule has 0 aliphatic heterocycles. The quantitative estimate of drug-likeness (QED) is 0.754. The highest BCUT2D eigenvalue weighted by molar-refractivity contribution is 9.10. The van der Waals surface area contributed by atoms with Gasteiger partial charge >= 0.3 is 0 Å². The third kappa shape index (κ3) is 3.67. The Bertz CT molecular complexity index is 584. The molecule has 0 heterocycles. The first-order chi connectivity index (χ1) is 9.59. The van der Waals surface area contributed by atoms with Gasteiger partial charge in [0.15, 0.2) is 0 Å². The molecule has 2 aromatic rings. The van der Waals surface area contributed by atoms with E-state index < -0.39 is 11.7 Å². The minimum absolute atomic E-state index is 0.0156. The Balaban J connectivity index is 2.03. The second-order valence-electron chi connectivity index (χ2n) is 4.18. The van der Waals surface area contributed by atoms with Crippen molar-refractivity contribution in [2.24, 2.45) is 0 Å². The van der Waals surface area contributed by atoms with Crippen molar-refractivity contribution in [3.63, 3.8) is 0 Å². The fourth-order valence-corrected chi connectivity index (χ4v) is 2.75. The molecular weight excluding hydrogens is 389 g/mol. The van der Waals surface area contributed by atoms with Crippen LogP contribution < -0.4 is 5.32 Å². The number of hydrogen-bond donors (Lipinski definition) is 1. The van der Waals surface area contributed by atoms with Crippen molar-refractivity contribution in [2.45, 2.75) is 4.83 Å². The summed E-state index contributed by atoms with van der Waals surface area (Å²) in [4.78, 5) is 12.0. The van der Waals surface area contributed by atoms with Gasteiger partial charge in [-0.25, -0.2) is 4.39 Å². The number of nitrogens with one attached hydrogen (secondary N) is 1. The molecule has 0 saturated carbocycles. The van der Waals surface area contributed by atoms with Gasteiger partial charge in [0.1, 0.15) is 5.82 Å². The predicted molar refractivity (Wildman–Crippen MR) is 84.5 cm³/mol. The van der Waals surface area contributed by atoms with Crippen LogP contribution in [-0.2, 0) is 0 Å². The van der Waals surface area contributed by atoms with E-state index in [1.807, 2.05) is 30.3 Å². The second kappa shape index (κ2) is 6.99. The van der Waals surface area contributed by atoms with Crippen LogP contribution in [0.4, 0.5) is 4.39 Å². The molecule has 0 fully saturated rings. The van der Waals surface area contributed by atoms with Crippen molar-refractivity contribution in [2.75, 3.05) is 6.54 Å². The van der Waals surface area contributed by atoms with Gasteiger partial charge in [-0.15, -0.1) is 0 Å². The van der Waals surface area contributed by atoms with E-state index in [4.69, 9.17) is 0 Å². The van der Waals surface area contributed by atoms with E-state index >= 15 is 0 Å². The van der Waals surface area contributed by atoms with Gasteiger partial charge in [0.2, 0.25) is 0 Å². The van der Waals surface area contributed by atoms with Gasteiger partial charge in [-0.05, 0) is 33.6 Å². The summed E-state index contributed by atoms with van der Waals surface area (Å²) in [6, 6.07) is 14.2. The number of amides is 1. The summed E-state index contributed by atoms with van der Waals surface area (Å²) in [6.07, 6.45) is 0. The van der Waals surface area contributed by atoms with E-state index in [9.17, 15) is 9.18 Å².